The van der Waals surface area contributed by atoms with Crippen molar-refractivity contribution in [3.05, 3.63) is 46.9 Å². The standard InChI is InChI=1S/C24H30N5O6P/c1-34-19-5-3-4-18(13-19)26-20(30)15-29-24(31)22-17(14-25-29)12-21(35-2)27-23(22)28-9-6-16(7-10-28)8-11-36(32)33/h3-5,12-14,16,32-33H,6-11,15H2,1-2H3,(H,26,30). The van der Waals surface area contributed by atoms with Crippen molar-refractivity contribution < 1.29 is 24.1 Å². The number of benzene rings is 1. The Morgan fingerprint density at radius 1 is 1.19 bits per heavy atom. The summed E-state index contributed by atoms with van der Waals surface area (Å²) in [6.45, 7) is 1.09. The lowest BCUT2D eigenvalue weighted by molar-refractivity contribution is -0.117. The van der Waals surface area contributed by atoms with E-state index in [4.69, 9.17) is 9.47 Å². The van der Waals surface area contributed by atoms with Crippen molar-refractivity contribution in [3.8, 4) is 11.6 Å². The Labute approximate surface area is 209 Å². The van der Waals surface area contributed by atoms with E-state index in [9.17, 15) is 19.4 Å². The predicted molar refractivity (Wildman–Crippen MR) is 138 cm³/mol. The van der Waals surface area contributed by atoms with Gasteiger partial charge in [0.15, 0.2) is 8.38 Å². The quantitative estimate of drug-likeness (QED) is 0.367. The fourth-order valence-electron chi connectivity index (χ4n) is 4.38. The van der Waals surface area contributed by atoms with E-state index in [1.54, 1.807) is 43.6 Å². The van der Waals surface area contributed by atoms with Gasteiger partial charge in [0.25, 0.3) is 5.56 Å². The Kier molecular flexibility index (Phi) is 8.35. The number of ether oxygens (including phenoxy) is 2. The number of anilines is 2. The third-order valence-corrected chi connectivity index (χ3v) is 6.96. The van der Waals surface area contributed by atoms with Crippen LogP contribution in [0.5, 0.6) is 11.6 Å². The third-order valence-electron chi connectivity index (χ3n) is 6.30. The van der Waals surface area contributed by atoms with Crippen LogP contribution < -0.4 is 25.2 Å². The molecule has 1 amide bonds. The largest absolute Gasteiger partial charge is 0.497 e. The van der Waals surface area contributed by atoms with Crippen molar-refractivity contribution in [2.24, 2.45) is 5.92 Å². The second-order valence-electron chi connectivity index (χ2n) is 8.65. The minimum Gasteiger partial charge on any atom is -0.497 e. The summed E-state index contributed by atoms with van der Waals surface area (Å²) in [6.07, 6.45) is 4.42. The summed E-state index contributed by atoms with van der Waals surface area (Å²) < 4.78 is 11.7. The predicted octanol–water partition coefficient (Wildman–Crippen LogP) is 2.35. The van der Waals surface area contributed by atoms with Crippen molar-refractivity contribution in [2.45, 2.75) is 25.8 Å². The Hall–Kier alpha value is -3.27. The van der Waals surface area contributed by atoms with Gasteiger partial charge in [-0.15, -0.1) is 0 Å². The van der Waals surface area contributed by atoms with Gasteiger partial charge < -0.3 is 29.5 Å². The van der Waals surface area contributed by atoms with Gasteiger partial charge in [-0.05, 0) is 37.3 Å². The molecule has 36 heavy (non-hydrogen) atoms. The van der Waals surface area contributed by atoms with Crippen LogP contribution in [0.2, 0.25) is 0 Å². The lowest BCUT2D eigenvalue weighted by Crippen LogP contribution is -2.36. The summed E-state index contributed by atoms with van der Waals surface area (Å²) in [6, 6.07) is 8.61. The first-order chi connectivity index (χ1) is 17.4. The van der Waals surface area contributed by atoms with Gasteiger partial charge in [0.1, 0.15) is 18.1 Å². The third kappa shape index (κ3) is 6.10. The highest BCUT2D eigenvalue weighted by molar-refractivity contribution is 7.45. The molecule has 1 aliphatic heterocycles. The average molecular weight is 516 g/mol. The van der Waals surface area contributed by atoms with Crippen LogP contribution in [0.3, 0.4) is 0 Å². The van der Waals surface area contributed by atoms with Crippen LogP contribution in [0.15, 0.2) is 41.3 Å². The van der Waals surface area contributed by atoms with Crippen LogP contribution >= 0.6 is 8.38 Å². The summed E-state index contributed by atoms with van der Waals surface area (Å²) in [5.41, 5.74) is 0.143. The SMILES string of the molecule is COc1cccc(NC(=O)Cn2ncc3cc(OC)nc(N4CCC(CCP(O)O)CC4)c3c2=O)c1. The molecule has 3 N–H and O–H groups in total. The van der Waals surface area contributed by atoms with Gasteiger partial charge in [0.2, 0.25) is 11.8 Å². The number of carbonyl (C=O) groups is 1. The van der Waals surface area contributed by atoms with Crippen molar-refractivity contribution in [1.29, 1.82) is 0 Å². The summed E-state index contributed by atoms with van der Waals surface area (Å²) in [5, 5.41) is 7.93. The lowest BCUT2D eigenvalue weighted by Gasteiger charge is -2.33. The first kappa shape index (κ1) is 25.8. The van der Waals surface area contributed by atoms with Crippen LogP contribution in [-0.4, -0.2) is 63.9 Å². The number of aromatic nitrogens is 3. The van der Waals surface area contributed by atoms with Gasteiger partial charge in [-0.2, -0.15) is 10.1 Å². The molecule has 2 aromatic heterocycles. The molecule has 0 aliphatic carbocycles. The van der Waals surface area contributed by atoms with Gasteiger partial charge in [-0.25, -0.2) is 4.68 Å². The zero-order valence-electron chi connectivity index (χ0n) is 20.3. The Bertz CT molecular complexity index is 1280. The second kappa shape index (κ2) is 11.6. The molecule has 1 aromatic carbocycles. The molecule has 1 saturated heterocycles. The molecular weight excluding hydrogens is 485 g/mol. The van der Waals surface area contributed by atoms with Gasteiger partial charge in [-0.3, -0.25) is 9.59 Å². The molecule has 0 saturated carbocycles. The number of amides is 1. The molecule has 4 rings (SSSR count). The van der Waals surface area contributed by atoms with Gasteiger partial charge in [-0.1, -0.05) is 6.07 Å². The number of nitrogens with zero attached hydrogens (tertiary/aromatic N) is 4. The van der Waals surface area contributed by atoms with E-state index in [-0.39, 0.29) is 6.54 Å². The highest BCUT2D eigenvalue weighted by atomic mass is 31.2. The Morgan fingerprint density at radius 3 is 2.67 bits per heavy atom. The van der Waals surface area contributed by atoms with Crippen LogP contribution in [0.4, 0.5) is 11.5 Å². The Balaban J connectivity index is 1.57. The number of fused-ring (bicyclic) bond motifs is 1. The maximum absolute atomic E-state index is 13.5. The average Bonchev–Trinajstić information content (AvgIpc) is 2.88. The molecule has 1 fully saturated rings. The van der Waals surface area contributed by atoms with Gasteiger partial charge in [0.05, 0.1) is 25.8 Å². The van der Waals surface area contributed by atoms with Crippen LogP contribution in [-0.2, 0) is 11.3 Å². The zero-order chi connectivity index (χ0) is 25.7. The maximum atomic E-state index is 13.5. The van der Waals surface area contributed by atoms with E-state index in [1.807, 2.05) is 4.90 Å². The number of methoxy groups -OCH3 is 2. The zero-order valence-corrected chi connectivity index (χ0v) is 21.1. The van der Waals surface area contributed by atoms with Crippen LogP contribution in [0.1, 0.15) is 19.3 Å². The second-order valence-corrected chi connectivity index (χ2v) is 9.85. The molecule has 0 spiro atoms. The number of hydrogen-bond acceptors (Lipinski definition) is 9. The summed E-state index contributed by atoms with van der Waals surface area (Å²) >= 11 is 0. The number of piperidine rings is 1. The van der Waals surface area contributed by atoms with Crippen molar-refractivity contribution in [1.82, 2.24) is 14.8 Å². The molecule has 0 unspecified atom stereocenters. The fraction of sp³-hybridized carbons (Fsp3) is 0.417. The van der Waals surface area contributed by atoms with E-state index in [2.05, 4.69) is 15.4 Å². The molecule has 0 atom stereocenters. The number of hydrogen-bond donors (Lipinski definition) is 3. The molecule has 1 aliphatic rings. The molecule has 12 heteroatoms. The van der Waals surface area contributed by atoms with Gasteiger partial charge >= 0.3 is 0 Å². The fourth-order valence-corrected chi connectivity index (χ4v) is 4.97. The molecule has 3 aromatic rings. The minimum atomic E-state index is -1.88. The van der Waals surface area contributed by atoms with Crippen molar-refractivity contribution in [3.63, 3.8) is 0 Å². The summed E-state index contributed by atoms with van der Waals surface area (Å²) in [5.74, 6) is 1.48. The summed E-state index contributed by atoms with van der Waals surface area (Å²) in [4.78, 5) is 51.2. The monoisotopic (exact) mass is 515 g/mol. The molecule has 0 bridgehead atoms. The maximum Gasteiger partial charge on any atom is 0.278 e. The van der Waals surface area contributed by atoms with Crippen LogP contribution in [0, 0.1) is 5.92 Å². The highest BCUT2D eigenvalue weighted by Crippen LogP contribution is 2.33. The van der Waals surface area contributed by atoms with E-state index in [1.165, 1.54) is 7.11 Å². The normalized spacial score (nSPS) is 14.3. The van der Waals surface area contributed by atoms with E-state index in [0.29, 0.717) is 59.1 Å². The summed E-state index contributed by atoms with van der Waals surface area (Å²) in [7, 11) is 1.18. The highest BCUT2D eigenvalue weighted by Gasteiger charge is 2.24. The molecule has 192 valence electrons. The molecule has 11 nitrogen and oxygen atoms in total. The first-order valence-corrected chi connectivity index (χ1v) is 13.1. The van der Waals surface area contributed by atoms with E-state index >= 15 is 0 Å². The Morgan fingerprint density at radius 2 is 1.97 bits per heavy atom. The molecular formula is C24H30N5O6P. The van der Waals surface area contributed by atoms with Gasteiger partial charge in [0, 0.05) is 42.5 Å². The first-order valence-electron chi connectivity index (χ1n) is 11.7. The van der Waals surface area contributed by atoms with E-state index < -0.39 is 19.8 Å². The van der Waals surface area contributed by atoms with Crippen molar-refractivity contribution >= 4 is 36.6 Å². The minimum absolute atomic E-state index is 0.259. The number of nitrogens with one attached hydrogen (secondary N) is 1. The number of pyridine rings is 1. The smallest absolute Gasteiger partial charge is 0.278 e. The van der Waals surface area contributed by atoms with Crippen molar-refractivity contribution in [2.75, 3.05) is 43.7 Å². The number of carbonyl (C=O) groups excluding carboxylic acids is 1. The lowest BCUT2D eigenvalue weighted by atomic mass is 9.94. The topological polar surface area (TPSA) is 139 Å². The molecule has 0 radical (unpaired) electrons. The molecule has 3 heterocycles. The number of rotatable bonds is 9. The van der Waals surface area contributed by atoms with E-state index in [0.717, 1.165) is 23.9 Å². The van der Waals surface area contributed by atoms with Crippen LogP contribution in [0.25, 0.3) is 10.8 Å².